The molecule has 0 saturated carbocycles. The number of aldehydes is 1. The van der Waals surface area contributed by atoms with Gasteiger partial charge in [-0.25, -0.2) is 0 Å². The fourth-order valence-corrected chi connectivity index (χ4v) is 3.61. The van der Waals surface area contributed by atoms with Crippen molar-refractivity contribution in [3.8, 4) is 22.6 Å². The van der Waals surface area contributed by atoms with Gasteiger partial charge in [0.15, 0.2) is 6.29 Å². The van der Waals surface area contributed by atoms with E-state index >= 15 is 0 Å². The highest BCUT2D eigenvalue weighted by Crippen LogP contribution is 2.35. The Bertz CT molecular complexity index is 1310. The Morgan fingerprint density at radius 2 is 1.65 bits per heavy atom. The standard InChI is InChI=1S/C27H22N2O5/c1-19-22(8-5-9-24(19)21-6-3-2-4-7-21)18-34-27-15-26(23(16-30)14-25(27)29(31)32)33-17-20-10-12-28-13-11-20/h2-16H,17-18H2,1H3. The summed E-state index contributed by atoms with van der Waals surface area (Å²) in [6.07, 6.45) is 3.80. The number of carbonyl (C=O) groups is 1. The van der Waals surface area contributed by atoms with Crippen LogP contribution in [-0.2, 0) is 13.2 Å². The zero-order chi connectivity index (χ0) is 23.9. The molecule has 0 N–H and O–H groups in total. The molecule has 0 radical (unpaired) electrons. The van der Waals surface area contributed by atoms with E-state index in [-0.39, 0.29) is 36.0 Å². The number of ether oxygens (including phenoxy) is 2. The van der Waals surface area contributed by atoms with E-state index in [1.807, 2.05) is 55.5 Å². The third-order valence-corrected chi connectivity index (χ3v) is 5.47. The Hall–Kier alpha value is -4.52. The van der Waals surface area contributed by atoms with Crippen molar-refractivity contribution < 1.29 is 19.2 Å². The molecule has 4 rings (SSSR count). The third kappa shape index (κ3) is 5.10. The van der Waals surface area contributed by atoms with Crippen molar-refractivity contribution in [1.29, 1.82) is 0 Å². The van der Waals surface area contributed by atoms with Crippen molar-refractivity contribution in [1.82, 2.24) is 4.98 Å². The number of hydrogen-bond acceptors (Lipinski definition) is 6. The number of rotatable bonds is 9. The first-order valence-electron chi connectivity index (χ1n) is 10.6. The monoisotopic (exact) mass is 454 g/mol. The second-order valence-electron chi connectivity index (χ2n) is 7.62. The summed E-state index contributed by atoms with van der Waals surface area (Å²) >= 11 is 0. The van der Waals surface area contributed by atoms with Gasteiger partial charge in [-0.05, 0) is 46.9 Å². The van der Waals surface area contributed by atoms with Crippen LogP contribution in [0.5, 0.6) is 11.5 Å². The van der Waals surface area contributed by atoms with E-state index in [0.717, 1.165) is 27.8 Å². The average molecular weight is 454 g/mol. The molecule has 0 fully saturated rings. The lowest BCUT2D eigenvalue weighted by Gasteiger charge is -2.15. The van der Waals surface area contributed by atoms with Gasteiger partial charge in [0.05, 0.1) is 10.5 Å². The lowest BCUT2D eigenvalue weighted by molar-refractivity contribution is -0.386. The Kier molecular flexibility index (Phi) is 6.93. The van der Waals surface area contributed by atoms with Gasteiger partial charge in [0.2, 0.25) is 5.75 Å². The minimum Gasteiger partial charge on any atom is -0.488 e. The summed E-state index contributed by atoms with van der Waals surface area (Å²) in [6.45, 7) is 2.30. The van der Waals surface area contributed by atoms with Crippen molar-refractivity contribution in [2.75, 3.05) is 0 Å². The van der Waals surface area contributed by atoms with Crippen LogP contribution in [0.25, 0.3) is 11.1 Å². The first kappa shape index (κ1) is 22.7. The predicted octanol–water partition coefficient (Wildman–Crippen LogP) is 5.94. The van der Waals surface area contributed by atoms with Crippen molar-refractivity contribution >= 4 is 12.0 Å². The maximum atomic E-state index is 11.7. The molecule has 34 heavy (non-hydrogen) atoms. The topological polar surface area (TPSA) is 91.6 Å². The molecule has 0 aliphatic heterocycles. The zero-order valence-corrected chi connectivity index (χ0v) is 18.5. The van der Waals surface area contributed by atoms with Crippen molar-refractivity contribution in [2.24, 2.45) is 0 Å². The van der Waals surface area contributed by atoms with Gasteiger partial charge < -0.3 is 9.47 Å². The summed E-state index contributed by atoms with van der Waals surface area (Å²) < 4.78 is 11.7. The van der Waals surface area contributed by atoms with Crippen molar-refractivity contribution in [2.45, 2.75) is 20.1 Å². The molecular formula is C27H22N2O5. The number of nitro benzene ring substituents is 1. The van der Waals surface area contributed by atoms with Gasteiger partial charge >= 0.3 is 5.69 Å². The van der Waals surface area contributed by atoms with Gasteiger partial charge in [-0.3, -0.25) is 19.9 Å². The number of carbonyl (C=O) groups excluding carboxylic acids is 1. The van der Waals surface area contributed by atoms with Crippen LogP contribution in [0.4, 0.5) is 5.69 Å². The first-order valence-corrected chi connectivity index (χ1v) is 10.6. The summed E-state index contributed by atoms with van der Waals surface area (Å²) in [5.41, 5.74) is 4.69. The summed E-state index contributed by atoms with van der Waals surface area (Å²) in [5, 5.41) is 11.7. The molecule has 1 aromatic heterocycles. The minimum absolute atomic E-state index is 0.0323. The Morgan fingerprint density at radius 1 is 0.912 bits per heavy atom. The van der Waals surface area contributed by atoms with Gasteiger partial charge in [0.25, 0.3) is 0 Å². The van der Waals surface area contributed by atoms with Crippen LogP contribution in [-0.4, -0.2) is 16.2 Å². The van der Waals surface area contributed by atoms with Crippen LogP contribution in [0.3, 0.4) is 0 Å². The predicted molar refractivity (Wildman–Crippen MR) is 128 cm³/mol. The average Bonchev–Trinajstić information content (AvgIpc) is 2.87. The summed E-state index contributed by atoms with van der Waals surface area (Å²) in [4.78, 5) is 26.6. The van der Waals surface area contributed by atoms with Gasteiger partial charge in [-0.1, -0.05) is 48.5 Å². The first-order chi connectivity index (χ1) is 16.6. The molecule has 0 unspecified atom stereocenters. The third-order valence-electron chi connectivity index (χ3n) is 5.47. The van der Waals surface area contributed by atoms with Gasteiger partial charge in [0.1, 0.15) is 19.0 Å². The summed E-state index contributed by atoms with van der Waals surface area (Å²) in [6, 6.07) is 22.0. The molecule has 0 atom stereocenters. The molecule has 0 saturated heterocycles. The molecule has 0 aliphatic carbocycles. The van der Waals surface area contributed by atoms with Crippen molar-refractivity contribution in [3.05, 3.63) is 118 Å². The molecular weight excluding hydrogens is 432 g/mol. The maximum absolute atomic E-state index is 11.7. The van der Waals surface area contributed by atoms with Crippen LogP contribution < -0.4 is 9.47 Å². The molecule has 0 aliphatic rings. The number of pyridine rings is 1. The van der Waals surface area contributed by atoms with Crippen LogP contribution in [0, 0.1) is 17.0 Å². The Labute approximate surface area is 196 Å². The lowest BCUT2D eigenvalue weighted by Crippen LogP contribution is -2.04. The minimum atomic E-state index is -0.567. The summed E-state index contributed by atoms with van der Waals surface area (Å²) in [5.74, 6) is 0.243. The number of hydrogen-bond donors (Lipinski definition) is 0. The number of benzene rings is 3. The molecule has 1 heterocycles. The molecule has 4 aromatic rings. The second-order valence-corrected chi connectivity index (χ2v) is 7.62. The zero-order valence-electron chi connectivity index (χ0n) is 18.5. The SMILES string of the molecule is Cc1c(COc2cc(OCc3ccncc3)c(C=O)cc2[N+](=O)[O-])cccc1-c1ccccc1. The fraction of sp³-hybridized carbons (Fsp3) is 0.111. The van der Waals surface area contributed by atoms with E-state index in [1.165, 1.54) is 12.1 Å². The van der Waals surface area contributed by atoms with E-state index in [2.05, 4.69) is 4.98 Å². The van der Waals surface area contributed by atoms with Crippen molar-refractivity contribution in [3.63, 3.8) is 0 Å². The van der Waals surface area contributed by atoms with E-state index in [4.69, 9.17) is 9.47 Å². The molecule has 7 nitrogen and oxygen atoms in total. The highest BCUT2D eigenvalue weighted by atomic mass is 16.6. The normalized spacial score (nSPS) is 10.5. The largest absolute Gasteiger partial charge is 0.488 e. The number of aromatic nitrogens is 1. The molecule has 7 heteroatoms. The molecule has 0 amide bonds. The quantitative estimate of drug-likeness (QED) is 0.177. The van der Waals surface area contributed by atoms with Crippen LogP contribution in [0.2, 0.25) is 0 Å². The number of nitro groups is 1. The lowest BCUT2D eigenvalue weighted by atomic mass is 9.97. The number of nitrogens with zero attached hydrogens (tertiary/aromatic N) is 2. The van der Waals surface area contributed by atoms with Crippen LogP contribution in [0.1, 0.15) is 27.0 Å². The second kappa shape index (κ2) is 10.4. The smallest absolute Gasteiger partial charge is 0.311 e. The highest BCUT2D eigenvalue weighted by molar-refractivity contribution is 5.82. The fourth-order valence-electron chi connectivity index (χ4n) is 3.61. The molecule has 0 bridgehead atoms. The molecule has 3 aromatic carbocycles. The van der Waals surface area contributed by atoms with Crippen LogP contribution >= 0.6 is 0 Å². The molecule has 0 spiro atoms. The Morgan fingerprint density at radius 3 is 2.35 bits per heavy atom. The summed E-state index contributed by atoms with van der Waals surface area (Å²) in [7, 11) is 0. The Balaban J connectivity index is 1.61. The molecule has 170 valence electrons. The maximum Gasteiger partial charge on any atom is 0.311 e. The van der Waals surface area contributed by atoms with E-state index in [0.29, 0.717) is 6.29 Å². The van der Waals surface area contributed by atoms with Gasteiger partial charge in [0, 0.05) is 24.5 Å². The van der Waals surface area contributed by atoms with Crippen LogP contribution in [0.15, 0.2) is 85.2 Å². The van der Waals surface area contributed by atoms with E-state index < -0.39 is 4.92 Å². The highest BCUT2D eigenvalue weighted by Gasteiger charge is 2.21. The van der Waals surface area contributed by atoms with E-state index in [1.54, 1.807) is 24.5 Å². The van der Waals surface area contributed by atoms with Gasteiger partial charge in [-0.2, -0.15) is 0 Å². The van der Waals surface area contributed by atoms with Gasteiger partial charge in [-0.15, -0.1) is 0 Å². The van der Waals surface area contributed by atoms with E-state index in [9.17, 15) is 14.9 Å².